The van der Waals surface area contributed by atoms with Crippen molar-refractivity contribution in [2.75, 3.05) is 32.8 Å². The van der Waals surface area contributed by atoms with Gasteiger partial charge in [0, 0.05) is 25.8 Å². The van der Waals surface area contributed by atoms with E-state index < -0.39 is 0 Å². The minimum atomic E-state index is 0.290. The predicted octanol–water partition coefficient (Wildman–Crippen LogP) is 1.86. The third-order valence-corrected chi connectivity index (χ3v) is 3.83. The van der Waals surface area contributed by atoms with Crippen molar-refractivity contribution in [3.8, 4) is 0 Å². The SMILES string of the molecule is c1ccc(C2COCCN2N2CCCCC2)nc1. The van der Waals surface area contributed by atoms with Gasteiger partial charge in [-0.2, -0.15) is 0 Å². The predicted molar refractivity (Wildman–Crippen MR) is 69.9 cm³/mol. The molecule has 0 N–H and O–H groups in total. The van der Waals surface area contributed by atoms with E-state index in [0.717, 1.165) is 25.5 Å². The molecule has 18 heavy (non-hydrogen) atoms. The highest BCUT2D eigenvalue weighted by molar-refractivity contribution is 5.09. The molecule has 4 heteroatoms. The van der Waals surface area contributed by atoms with Crippen LogP contribution in [-0.2, 0) is 4.74 Å². The van der Waals surface area contributed by atoms with Gasteiger partial charge in [-0.3, -0.25) is 4.98 Å². The van der Waals surface area contributed by atoms with Gasteiger partial charge >= 0.3 is 0 Å². The summed E-state index contributed by atoms with van der Waals surface area (Å²) in [4.78, 5) is 4.50. The fourth-order valence-corrected chi connectivity index (χ4v) is 2.88. The van der Waals surface area contributed by atoms with Gasteiger partial charge in [0.15, 0.2) is 0 Å². The Morgan fingerprint density at radius 2 is 2.00 bits per heavy atom. The molecule has 0 spiro atoms. The van der Waals surface area contributed by atoms with Crippen LogP contribution < -0.4 is 0 Å². The fourth-order valence-electron chi connectivity index (χ4n) is 2.88. The maximum atomic E-state index is 5.65. The summed E-state index contributed by atoms with van der Waals surface area (Å²) in [6.07, 6.45) is 5.87. The maximum Gasteiger partial charge on any atom is 0.0901 e. The molecule has 0 aromatic carbocycles. The lowest BCUT2D eigenvalue weighted by Crippen LogP contribution is -2.52. The molecular formula is C14H21N3O. The number of hydrazine groups is 1. The number of rotatable bonds is 2. The molecule has 1 unspecified atom stereocenters. The Kier molecular flexibility index (Phi) is 3.88. The highest BCUT2D eigenvalue weighted by Crippen LogP contribution is 2.26. The van der Waals surface area contributed by atoms with E-state index in [-0.39, 0.29) is 6.04 Å². The molecule has 4 nitrogen and oxygen atoms in total. The second kappa shape index (κ2) is 5.78. The summed E-state index contributed by atoms with van der Waals surface area (Å²) in [5, 5.41) is 4.98. The molecule has 2 aliphatic rings. The first-order chi connectivity index (χ1) is 8.95. The molecule has 3 rings (SSSR count). The van der Waals surface area contributed by atoms with Crippen molar-refractivity contribution in [2.24, 2.45) is 0 Å². The van der Waals surface area contributed by atoms with E-state index in [4.69, 9.17) is 4.74 Å². The van der Waals surface area contributed by atoms with E-state index in [1.165, 1.54) is 32.4 Å². The third-order valence-electron chi connectivity index (χ3n) is 3.83. The summed E-state index contributed by atoms with van der Waals surface area (Å²) in [6, 6.07) is 6.43. The Labute approximate surface area is 109 Å². The normalized spacial score (nSPS) is 27.2. The number of morpholine rings is 1. The van der Waals surface area contributed by atoms with Gasteiger partial charge in [0.1, 0.15) is 0 Å². The van der Waals surface area contributed by atoms with E-state index in [9.17, 15) is 0 Å². The van der Waals surface area contributed by atoms with Gasteiger partial charge in [-0.1, -0.05) is 12.5 Å². The Bertz CT molecular complexity index is 365. The van der Waals surface area contributed by atoms with E-state index in [1.807, 2.05) is 12.3 Å². The molecule has 0 bridgehead atoms. The summed E-state index contributed by atoms with van der Waals surface area (Å²) in [6.45, 7) is 4.95. The number of ether oxygens (including phenoxy) is 1. The van der Waals surface area contributed by atoms with Gasteiger partial charge in [0.25, 0.3) is 0 Å². The second-order valence-corrected chi connectivity index (χ2v) is 5.02. The maximum absolute atomic E-state index is 5.65. The van der Waals surface area contributed by atoms with Gasteiger partial charge in [-0.05, 0) is 25.0 Å². The Morgan fingerprint density at radius 1 is 1.11 bits per heavy atom. The highest BCUT2D eigenvalue weighted by Gasteiger charge is 2.30. The minimum Gasteiger partial charge on any atom is -0.378 e. The van der Waals surface area contributed by atoms with E-state index >= 15 is 0 Å². The van der Waals surface area contributed by atoms with Crippen LogP contribution in [0.2, 0.25) is 0 Å². The monoisotopic (exact) mass is 247 g/mol. The third kappa shape index (κ3) is 2.55. The van der Waals surface area contributed by atoms with Crippen LogP contribution in [0.15, 0.2) is 24.4 Å². The molecule has 0 radical (unpaired) electrons. The first kappa shape index (κ1) is 12.1. The van der Waals surface area contributed by atoms with Crippen molar-refractivity contribution in [2.45, 2.75) is 25.3 Å². The Hall–Kier alpha value is -0.970. The number of pyridine rings is 1. The van der Waals surface area contributed by atoms with Gasteiger partial charge in [0.05, 0.1) is 24.9 Å². The lowest BCUT2D eigenvalue weighted by atomic mass is 10.1. The summed E-state index contributed by atoms with van der Waals surface area (Å²) in [5.74, 6) is 0. The number of hydrogen-bond acceptors (Lipinski definition) is 4. The molecule has 2 fully saturated rings. The van der Waals surface area contributed by atoms with Crippen molar-refractivity contribution < 1.29 is 4.74 Å². The minimum absolute atomic E-state index is 0.290. The molecule has 1 atom stereocenters. The van der Waals surface area contributed by atoms with Gasteiger partial charge < -0.3 is 4.74 Å². The average Bonchev–Trinajstić information content (AvgIpc) is 2.49. The second-order valence-electron chi connectivity index (χ2n) is 5.02. The highest BCUT2D eigenvalue weighted by atomic mass is 16.5. The standard InChI is InChI=1S/C14H21N3O/c1-4-8-16(9-5-1)17-10-11-18-12-14(17)13-6-2-3-7-15-13/h2-3,6-7,14H,1,4-5,8-12H2. The van der Waals surface area contributed by atoms with Crippen molar-refractivity contribution in [3.05, 3.63) is 30.1 Å². The first-order valence-electron chi connectivity index (χ1n) is 6.95. The van der Waals surface area contributed by atoms with Crippen LogP contribution in [0.25, 0.3) is 0 Å². The molecule has 0 saturated carbocycles. The molecule has 0 amide bonds. The molecule has 1 aromatic heterocycles. The fraction of sp³-hybridized carbons (Fsp3) is 0.643. The van der Waals surface area contributed by atoms with Crippen LogP contribution in [-0.4, -0.2) is 47.8 Å². The zero-order chi connectivity index (χ0) is 12.2. The van der Waals surface area contributed by atoms with Crippen LogP contribution in [0.5, 0.6) is 0 Å². The number of piperidine rings is 1. The summed E-state index contributed by atoms with van der Waals surface area (Å²) >= 11 is 0. The first-order valence-corrected chi connectivity index (χ1v) is 6.95. The molecule has 2 saturated heterocycles. The molecule has 98 valence electrons. The molecule has 2 aliphatic heterocycles. The van der Waals surface area contributed by atoms with Gasteiger partial charge in [-0.25, -0.2) is 10.0 Å². The number of nitrogens with zero attached hydrogens (tertiary/aromatic N) is 3. The zero-order valence-corrected chi connectivity index (χ0v) is 10.8. The van der Waals surface area contributed by atoms with Crippen LogP contribution in [0.1, 0.15) is 31.0 Å². The molecule has 3 heterocycles. The van der Waals surface area contributed by atoms with E-state index in [1.54, 1.807) is 0 Å². The number of hydrogen-bond donors (Lipinski definition) is 0. The summed E-state index contributed by atoms with van der Waals surface area (Å²) in [5.41, 5.74) is 1.13. The summed E-state index contributed by atoms with van der Waals surface area (Å²) in [7, 11) is 0. The van der Waals surface area contributed by atoms with Crippen LogP contribution in [0.3, 0.4) is 0 Å². The van der Waals surface area contributed by atoms with Gasteiger partial charge in [-0.15, -0.1) is 0 Å². The van der Waals surface area contributed by atoms with Crippen LogP contribution in [0, 0.1) is 0 Å². The Balaban J connectivity index is 1.77. The van der Waals surface area contributed by atoms with Crippen molar-refractivity contribution in [1.29, 1.82) is 0 Å². The largest absolute Gasteiger partial charge is 0.378 e. The Morgan fingerprint density at radius 3 is 2.78 bits per heavy atom. The number of aromatic nitrogens is 1. The van der Waals surface area contributed by atoms with E-state index in [0.29, 0.717) is 0 Å². The lowest BCUT2D eigenvalue weighted by molar-refractivity contribution is -0.138. The zero-order valence-electron chi connectivity index (χ0n) is 10.8. The molecule has 1 aromatic rings. The van der Waals surface area contributed by atoms with E-state index in [2.05, 4.69) is 27.1 Å². The smallest absolute Gasteiger partial charge is 0.0901 e. The molecule has 0 aliphatic carbocycles. The topological polar surface area (TPSA) is 28.6 Å². The lowest BCUT2D eigenvalue weighted by Gasteiger charge is -2.44. The quantitative estimate of drug-likeness (QED) is 0.797. The summed E-state index contributed by atoms with van der Waals surface area (Å²) < 4.78 is 5.65. The van der Waals surface area contributed by atoms with Crippen LogP contribution >= 0.6 is 0 Å². The van der Waals surface area contributed by atoms with Crippen LogP contribution in [0.4, 0.5) is 0 Å². The van der Waals surface area contributed by atoms with Gasteiger partial charge in [0.2, 0.25) is 0 Å². The van der Waals surface area contributed by atoms with Crippen molar-refractivity contribution in [3.63, 3.8) is 0 Å². The molecular weight excluding hydrogens is 226 g/mol. The van der Waals surface area contributed by atoms with Crippen molar-refractivity contribution in [1.82, 2.24) is 15.0 Å². The average molecular weight is 247 g/mol. The van der Waals surface area contributed by atoms with Crippen molar-refractivity contribution >= 4 is 0 Å².